The topological polar surface area (TPSA) is 20.3 Å². The van der Waals surface area contributed by atoms with Crippen LogP contribution in [0.25, 0.3) is 0 Å². The van der Waals surface area contributed by atoms with Gasteiger partial charge in [-0.05, 0) is 46.2 Å². The van der Waals surface area contributed by atoms with E-state index in [1.165, 1.54) is 11.3 Å². The summed E-state index contributed by atoms with van der Waals surface area (Å²) in [6.07, 6.45) is 0. The molecule has 4 heteroatoms. The Kier molecular flexibility index (Phi) is 3.60. The van der Waals surface area contributed by atoms with E-state index in [-0.39, 0.29) is 5.91 Å². The molecule has 0 saturated heterocycles. The summed E-state index contributed by atoms with van der Waals surface area (Å²) in [6.45, 7) is 0. The van der Waals surface area contributed by atoms with Gasteiger partial charge in [-0.3, -0.25) is 4.79 Å². The third-order valence-corrected chi connectivity index (χ3v) is 3.88. The number of benzene rings is 1. The highest BCUT2D eigenvalue weighted by Crippen LogP contribution is 2.22. The van der Waals surface area contributed by atoms with Gasteiger partial charge in [0, 0.05) is 16.0 Å². The van der Waals surface area contributed by atoms with Crippen LogP contribution < -0.4 is 4.90 Å². The molecule has 0 aliphatic heterocycles. The number of amides is 1. The van der Waals surface area contributed by atoms with Gasteiger partial charge in [0.05, 0.1) is 11.3 Å². The average molecular weight is 343 g/mol. The monoisotopic (exact) mass is 343 g/mol. The minimum Gasteiger partial charge on any atom is -0.310 e. The lowest BCUT2D eigenvalue weighted by atomic mass is 10.2. The first kappa shape index (κ1) is 11.6. The number of rotatable bonds is 2. The molecule has 2 aromatic rings. The van der Waals surface area contributed by atoms with Crippen LogP contribution in [0.3, 0.4) is 0 Å². The Hall–Kier alpha value is -0.880. The molecule has 0 radical (unpaired) electrons. The molecule has 0 saturated carbocycles. The molecule has 0 unspecified atom stereocenters. The third kappa shape index (κ3) is 2.27. The Labute approximate surface area is 112 Å². The maximum Gasteiger partial charge on any atom is 0.258 e. The summed E-state index contributed by atoms with van der Waals surface area (Å²) in [6, 6.07) is 9.70. The van der Waals surface area contributed by atoms with Crippen LogP contribution in [0.15, 0.2) is 41.1 Å². The van der Waals surface area contributed by atoms with E-state index in [2.05, 4.69) is 22.6 Å². The summed E-state index contributed by atoms with van der Waals surface area (Å²) in [4.78, 5) is 13.8. The van der Waals surface area contributed by atoms with E-state index in [1.54, 1.807) is 11.9 Å². The third-order valence-electron chi connectivity index (χ3n) is 2.29. The Morgan fingerprint density at radius 3 is 2.69 bits per heavy atom. The van der Waals surface area contributed by atoms with Crippen molar-refractivity contribution in [1.29, 1.82) is 0 Å². The summed E-state index contributed by atoms with van der Waals surface area (Å²) in [7, 11) is 1.80. The predicted octanol–water partition coefficient (Wildman–Crippen LogP) is 3.63. The SMILES string of the molecule is CN(C(=O)c1ccsc1)c1ccccc1I. The highest BCUT2D eigenvalue weighted by molar-refractivity contribution is 14.1. The lowest BCUT2D eigenvalue weighted by molar-refractivity contribution is 0.0993. The van der Waals surface area contributed by atoms with Crippen LogP contribution in [-0.4, -0.2) is 13.0 Å². The van der Waals surface area contributed by atoms with Crippen molar-refractivity contribution in [3.8, 4) is 0 Å². The molecule has 0 atom stereocenters. The van der Waals surface area contributed by atoms with Crippen molar-refractivity contribution in [2.75, 3.05) is 11.9 Å². The Bertz CT molecular complexity index is 495. The number of hydrogen-bond donors (Lipinski definition) is 0. The van der Waals surface area contributed by atoms with E-state index in [0.717, 1.165) is 14.8 Å². The van der Waals surface area contributed by atoms with Gasteiger partial charge < -0.3 is 4.90 Å². The molecule has 1 amide bonds. The molecule has 2 nitrogen and oxygen atoms in total. The zero-order chi connectivity index (χ0) is 11.5. The number of carbonyl (C=O) groups is 1. The zero-order valence-electron chi connectivity index (χ0n) is 8.68. The molecule has 2 rings (SSSR count). The lowest BCUT2D eigenvalue weighted by Gasteiger charge is -2.18. The first-order chi connectivity index (χ1) is 7.70. The van der Waals surface area contributed by atoms with Gasteiger partial charge >= 0.3 is 0 Å². The Morgan fingerprint density at radius 2 is 2.06 bits per heavy atom. The fourth-order valence-corrected chi connectivity index (χ4v) is 2.79. The summed E-state index contributed by atoms with van der Waals surface area (Å²) in [5, 5.41) is 3.78. The first-order valence-electron chi connectivity index (χ1n) is 4.75. The van der Waals surface area contributed by atoms with Crippen LogP contribution >= 0.6 is 33.9 Å². The van der Waals surface area contributed by atoms with E-state index in [0.29, 0.717) is 0 Å². The van der Waals surface area contributed by atoms with Crippen LogP contribution in [-0.2, 0) is 0 Å². The molecule has 0 fully saturated rings. The summed E-state index contributed by atoms with van der Waals surface area (Å²) >= 11 is 3.77. The average Bonchev–Trinajstić information content (AvgIpc) is 2.81. The smallest absolute Gasteiger partial charge is 0.258 e. The second-order valence-corrected chi connectivity index (χ2v) is 5.27. The van der Waals surface area contributed by atoms with E-state index in [1.807, 2.05) is 41.1 Å². The minimum atomic E-state index is 0.0327. The van der Waals surface area contributed by atoms with Crippen LogP contribution in [0.1, 0.15) is 10.4 Å². The summed E-state index contributed by atoms with van der Waals surface area (Å²) in [5.41, 5.74) is 1.69. The maximum atomic E-state index is 12.1. The fourth-order valence-electron chi connectivity index (χ4n) is 1.41. The maximum absolute atomic E-state index is 12.1. The van der Waals surface area contributed by atoms with Gasteiger partial charge in [-0.25, -0.2) is 0 Å². The van der Waals surface area contributed by atoms with Gasteiger partial charge in [0.25, 0.3) is 5.91 Å². The van der Waals surface area contributed by atoms with Gasteiger partial charge in [-0.2, -0.15) is 11.3 Å². The van der Waals surface area contributed by atoms with Crippen molar-refractivity contribution in [3.05, 3.63) is 50.2 Å². The van der Waals surface area contributed by atoms with Gasteiger partial charge in [-0.1, -0.05) is 12.1 Å². The minimum absolute atomic E-state index is 0.0327. The van der Waals surface area contributed by atoms with Gasteiger partial charge in [0.2, 0.25) is 0 Å². The fraction of sp³-hybridized carbons (Fsp3) is 0.0833. The number of halogens is 1. The highest BCUT2D eigenvalue weighted by atomic mass is 127. The Morgan fingerprint density at radius 1 is 1.31 bits per heavy atom. The van der Waals surface area contributed by atoms with Crippen LogP contribution in [0.5, 0.6) is 0 Å². The van der Waals surface area contributed by atoms with E-state index >= 15 is 0 Å². The predicted molar refractivity (Wildman–Crippen MR) is 76.2 cm³/mol. The zero-order valence-corrected chi connectivity index (χ0v) is 11.7. The van der Waals surface area contributed by atoms with E-state index < -0.39 is 0 Å². The molecular weight excluding hydrogens is 333 g/mol. The molecule has 1 aromatic carbocycles. The van der Waals surface area contributed by atoms with Gasteiger partial charge in [0.1, 0.15) is 0 Å². The summed E-state index contributed by atoms with van der Waals surface area (Å²) < 4.78 is 1.08. The number of thiophene rings is 1. The van der Waals surface area contributed by atoms with Crippen molar-refractivity contribution >= 4 is 45.5 Å². The first-order valence-corrected chi connectivity index (χ1v) is 6.77. The largest absolute Gasteiger partial charge is 0.310 e. The molecule has 0 spiro atoms. The van der Waals surface area contributed by atoms with Crippen molar-refractivity contribution in [2.24, 2.45) is 0 Å². The molecule has 1 heterocycles. The molecule has 82 valence electrons. The number of hydrogen-bond acceptors (Lipinski definition) is 2. The number of nitrogens with zero attached hydrogens (tertiary/aromatic N) is 1. The van der Waals surface area contributed by atoms with Crippen molar-refractivity contribution < 1.29 is 4.79 Å². The summed E-state index contributed by atoms with van der Waals surface area (Å²) in [5.74, 6) is 0.0327. The molecule has 0 N–H and O–H groups in total. The molecule has 0 aliphatic rings. The molecule has 0 bridgehead atoms. The van der Waals surface area contributed by atoms with E-state index in [9.17, 15) is 4.79 Å². The highest BCUT2D eigenvalue weighted by Gasteiger charge is 2.15. The second kappa shape index (κ2) is 4.97. The lowest BCUT2D eigenvalue weighted by Crippen LogP contribution is -2.26. The molecular formula is C12H10INOS. The van der Waals surface area contributed by atoms with Crippen molar-refractivity contribution in [2.45, 2.75) is 0 Å². The van der Waals surface area contributed by atoms with Crippen molar-refractivity contribution in [3.63, 3.8) is 0 Å². The van der Waals surface area contributed by atoms with E-state index in [4.69, 9.17) is 0 Å². The van der Waals surface area contributed by atoms with Gasteiger partial charge in [-0.15, -0.1) is 0 Å². The number of anilines is 1. The van der Waals surface area contributed by atoms with Crippen LogP contribution in [0, 0.1) is 3.57 Å². The number of para-hydroxylation sites is 1. The molecule has 1 aromatic heterocycles. The second-order valence-electron chi connectivity index (χ2n) is 3.33. The van der Waals surface area contributed by atoms with Gasteiger partial charge in [0.15, 0.2) is 0 Å². The Balaban J connectivity index is 2.30. The van der Waals surface area contributed by atoms with Crippen LogP contribution in [0.4, 0.5) is 5.69 Å². The normalized spacial score (nSPS) is 10.1. The number of carbonyl (C=O) groups excluding carboxylic acids is 1. The molecule has 0 aliphatic carbocycles. The van der Waals surface area contributed by atoms with Crippen molar-refractivity contribution in [1.82, 2.24) is 0 Å². The standard InChI is InChI=1S/C12H10INOS/c1-14(11-5-3-2-4-10(11)13)12(15)9-6-7-16-8-9/h2-8H,1H3. The molecule has 16 heavy (non-hydrogen) atoms. The quantitative estimate of drug-likeness (QED) is 0.763. The van der Waals surface area contributed by atoms with Crippen LogP contribution in [0.2, 0.25) is 0 Å².